The van der Waals surface area contributed by atoms with Gasteiger partial charge in [-0.3, -0.25) is 0 Å². The highest BCUT2D eigenvalue weighted by Crippen LogP contribution is 2.41. The summed E-state index contributed by atoms with van der Waals surface area (Å²) in [6.07, 6.45) is -1.06. The molecule has 8 nitrogen and oxygen atoms in total. The predicted octanol–water partition coefficient (Wildman–Crippen LogP) is 4.39. The maximum Gasteiger partial charge on any atom is 0.453 e. The Morgan fingerprint density at radius 3 is 2.17 bits per heavy atom. The molecule has 1 aliphatic rings. The number of carbonyl (C=O) groups is 2. The molecule has 0 saturated carbocycles. The van der Waals surface area contributed by atoms with Crippen molar-refractivity contribution >= 4 is 35.9 Å². The molecular formula is C26H33Cl2NO7. The number of carbonyl (C=O) groups excluding carboxylic acids is 2. The van der Waals surface area contributed by atoms with Crippen molar-refractivity contribution in [2.75, 3.05) is 6.54 Å². The van der Waals surface area contributed by atoms with Crippen LogP contribution < -0.4 is 14.8 Å². The van der Waals surface area contributed by atoms with Crippen LogP contribution in [0.25, 0.3) is 0 Å². The van der Waals surface area contributed by atoms with Crippen molar-refractivity contribution in [3.63, 3.8) is 0 Å². The number of benzene rings is 2. The number of fused-ring (bicyclic) bond motifs is 1. The number of halogens is 2. The van der Waals surface area contributed by atoms with Crippen molar-refractivity contribution in [2.24, 2.45) is 0 Å². The van der Waals surface area contributed by atoms with Gasteiger partial charge in [-0.2, -0.15) is 0 Å². The molecule has 0 aliphatic carbocycles. The van der Waals surface area contributed by atoms with E-state index in [1.165, 1.54) is 0 Å². The zero-order valence-corrected chi connectivity index (χ0v) is 22.5. The fourth-order valence-corrected chi connectivity index (χ4v) is 3.78. The number of hydrogen-bond donors (Lipinski definition) is 2. The smallest absolute Gasteiger partial charge is 0.453 e. The molecule has 0 spiro atoms. The summed E-state index contributed by atoms with van der Waals surface area (Å²) < 4.78 is 21.9. The molecule has 1 heterocycles. The van der Waals surface area contributed by atoms with Crippen LogP contribution in [0, 0.1) is 0 Å². The SMILES string of the molecule is CC(Cc1ccc2c(c1)OC(C(=O)OC(C)C)(C(=O)OC(C)C)O2)NCC(O)c1cccc(Cl)c1.Cl. The second-order valence-corrected chi connectivity index (χ2v) is 9.53. The minimum atomic E-state index is -2.35. The highest BCUT2D eigenvalue weighted by Gasteiger charge is 2.60. The van der Waals surface area contributed by atoms with Gasteiger partial charge in [-0.25, -0.2) is 9.59 Å². The van der Waals surface area contributed by atoms with Crippen molar-refractivity contribution in [3.05, 3.63) is 58.6 Å². The first kappa shape index (κ1) is 29.7. The van der Waals surface area contributed by atoms with Crippen molar-refractivity contribution in [3.8, 4) is 11.5 Å². The first-order valence-electron chi connectivity index (χ1n) is 11.6. The third-order valence-corrected chi connectivity index (χ3v) is 5.41. The Morgan fingerprint density at radius 2 is 1.58 bits per heavy atom. The number of aliphatic hydroxyl groups is 1. The van der Waals surface area contributed by atoms with E-state index < -0.39 is 36.0 Å². The fraction of sp³-hybridized carbons (Fsp3) is 0.462. The lowest BCUT2D eigenvalue weighted by atomic mass is 10.1. The second kappa shape index (κ2) is 12.6. The Bertz CT molecular complexity index is 1040. The molecule has 36 heavy (non-hydrogen) atoms. The molecule has 0 fully saturated rings. The Hall–Kier alpha value is -2.52. The van der Waals surface area contributed by atoms with Gasteiger partial charge in [-0.05, 0) is 76.4 Å². The molecule has 0 amide bonds. The quantitative estimate of drug-likeness (QED) is 0.337. The van der Waals surface area contributed by atoms with Gasteiger partial charge in [0.15, 0.2) is 11.5 Å². The van der Waals surface area contributed by atoms with Crippen LogP contribution in [0.4, 0.5) is 0 Å². The molecule has 198 valence electrons. The van der Waals surface area contributed by atoms with E-state index in [-0.39, 0.29) is 29.9 Å². The van der Waals surface area contributed by atoms with E-state index in [0.717, 1.165) is 11.1 Å². The van der Waals surface area contributed by atoms with Crippen LogP contribution in [0.1, 0.15) is 51.8 Å². The Kier molecular flexibility index (Phi) is 10.4. The van der Waals surface area contributed by atoms with Gasteiger partial charge >= 0.3 is 17.7 Å². The summed E-state index contributed by atoms with van der Waals surface area (Å²) in [4.78, 5) is 25.6. The third kappa shape index (κ3) is 7.26. The van der Waals surface area contributed by atoms with E-state index in [0.29, 0.717) is 18.0 Å². The number of esters is 2. The summed E-state index contributed by atoms with van der Waals surface area (Å²) in [6, 6.07) is 12.3. The lowest BCUT2D eigenvalue weighted by Gasteiger charge is -2.25. The van der Waals surface area contributed by atoms with Gasteiger partial charge in [0.2, 0.25) is 0 Å². The average molecular weight is 542 g/mol. The molecule has 1 aliphatic heterocycles. The molecule has 2 aromatic carbocycles. The van der Waals surface area contributed by atoms with Crippen molar-refractivity contribution in [2.45, 2.75) is 71.2 Å². The van der Waals surface area contributed by atoms with Crippen LogP contribution in [0.15, 0.2) is 42.5 Å². The molecule has 0 bridgehead atoms. The number of nitrogens with one attached hydrogen (secondary N) is 1. The van der Waals surface area contributed by atoms with Crippen molar-refractivity contribution in [1.82, 2.24) is 5.32 Å². The molecule has 0 aromatic heterocycles. The maximum absolute atomic E-state index is 12.8. The summed E-state index contributed by atoms with van der Waals surface area (Å²) in [5.41, 5.74) is 1.62. The molecular weight excluding hydrogens is 509 g/mol. The largest absolute Gasteiger partial charge is 0.457 e. The Labute approximate surface area is 222 Å². The topological polar surface area (TPSA) is 103 Å². The van der Waals surface area contributed by atoms with Crippen LogP contribution in [0.5, 0.6) is 11.5 Å². The van der Waals surface area contributed by atoms with E-state index >= 15 is 0 Å². The average Bonchev–Trinajstić information content (AvgIpc) is 3.17. The van der Waals surface area contributed by atoms with Crippen LogP contribution in [0.3, 0.4) is 0 Å². The van der Waals surface area contributed by atoms with Crippen LogP contribution in [-0.4, -0.2) is 47.6 Å². The monoisotopic (exact) mass is 541 g/mol. The first-order valence-corrected chi connectivity index (χ1v) is 12.0. The lowest BCUT2D eigenvalue weighted by Crippen LogP contribution is -2.56. The van der Waals surface area contributed by atoms with Gasteiger partial charge in [-0.1, -0.05) is 29.8 Å². The summed E-state index contributed by atoms with van der Waals surface area (Å²) in [5, 5.41) is 14.3. The molecule has 2 atom stereocenters. The predicted molar refractivity (Wildman–Crippen MR) is 138 cm³/mol. The minimum Gasteiger partial charge on any atom is -0.457 e. The highest BCUT2D eigenvalue weighted by molar-refractivity contribution is 6.30. The number of ether oxygens (including phenoxy) is 4. The summed E-state index contributed by atoms with van der Waals surface area (Å²) in [6.45, 7) is 8.99. The molecule has 0 saturated heterocycles. The summed E-state index contributed by atoms with van der Waals surface area (Å²) >= 11 is 6.00. The maximum atomic E-state index is 12.8. The van der Waals surface area contributed by atoms with Gasteiger partial charge in [-0.15, -0.1) is 12.4 Å². The van der Waals surface area contributed by atoms with Crippen molar-refractivity contribution in [1.29, 1.82) is 0 Å². The molecule has 2 aromatic rings. The summed E-state index contributed by atoms with van der Waals surface area (Å²) in [5.74, 6) is -3.80. The second-order valence-electron chi connectivity index (χ2n) is 9.09. The van der Waals surface area contributed by atoms with Gasteiger partial charge in [0.05, 0.1) is 18.3 Å². The minimum absolute atomic E-state index is 0. The normalized spacial score (nSPS) is 15.2. The highest BCUT2D eigenvalue weighted by atomic mass is 35.5. The van der Waals surface area contributed by atoms with Crippen molar-refractivity contribution < 1.29 is 33.6 Å². The molecule has 2 N–H and O–H groups in total. The Balaban J connectivity index is 0.00000456. The number of rotatable bonds is 10. The fourth-order valence-electron chi connectivity index (χ4n) is 3.58. The zero-order chi connectivity index (χ0) is 25.8. The molecule has 2 unspecified atom stereocenters. The third-order valence-electron chi connectivity index (χ3n) is 5.17. The summed E-state index contributed by atoms with van der Waals surface area (Å²) in [7, 11) is 0. The standard InChI is InChI=1S/C26H32ClNO7.ClH/c1-15(2)32-24(30)26(25(31)33-16(3)4)34-22-10-9-18(12-23(22)35-26)11-17(5)28-14-21(29)19-7-6-8-20(27)13-19;/h6-10,12-13,15-17,21,28-29H,11,14H2,1-5H3;1H. The van der Waals surface area contributed by atoms with Gasteiger partial charge < -0.3 is 29.4 Å². The van der Waals surface area contributed by atoms with E-state index in [1.807, 2.05) is 19.1 Å². The van der Waals surface area contributed by atoms with E-state index in [2.05, 4.69) is 5.32 Å². The zero-order valence-electron chi connectivity index (χ0n) is 20.9. The molecule has 10 heteroatoms. The van der Waals surface area contributed by atoms with Gasteiger partial charge in [0.25, 0.3) is 0 Å². The number of aliphatic hydroxyl groups excluding tert-OH is 1. The van der Waals surface area contributed by atoms with E-state index in [1.54, 1.807) is 58.0 Å². The van der Waals surface area contributed by atoms with Gasteiger partial charge in [0.1, 0.15) is 0 Å². The van der Waals surface area contributed by atoms with Crippen LogP contribution in [-0.2, 0) is 25.5 Å². The van der Waals surface area contributed by atoms with E-state index in [4.69, 9.17) is 30.5 Å². The van der Waals surface area contributed by atoms with Gasteiger partial charge in [0, 0.05) is 17.6 Å². The first-order chi connectivity index (χ1) is 16.5. The van der Waals surface area contributed by atoms with Crippen LogP contribution >= 0.6 is 24.0 Å². The molecule has 3 rings (SSSR count). The lowest BCUT2D eigenvalue weighted by molar-refractivity contribution is -0.207. The Morgan fingerprint density at radius 1 is 0.972 bits per heavy atom. The van der Waals surface area contributed by atoms with Crippen LogP contribution in [0.2, 0.25) is 5.02 Å². The number of hydrogen-bond acceptors (Lipinski definition) is 8. The van der Waals surface area contributed by atoms with E-state index in [9.17, 15) is 14.7 Å². The molecule has 0 radical (unpaired) electrons.